The zero-order valence-electron chi connectivity index (χ0n) is 14.5. The quantitative estimate of drug-likeness (QED) is 0.874. The van der Waals surface area contributed by atoms with E-state index in [-0.39, 0.29) is 10.8 Å². The molecule has 0 aliphatic heterocycles. The van der Waals surface area contributed by atoms with Gasteiger partial charge in [-0.2, -0.15) is 4.72 Å². The first-order chi connectivity index (χ1) is 11.9. The monoisotopic (exact) mass is 361 g/mol. The highest BCUT2D eigenvalue weighted by Crippen LogP contribution is 2.32. The third kappa shape index (κ3) is 3.26. The van der Waals surface area contributed by atoms with Crippen LogP contribution in [0.1, 0.15) is 37.7 Å². The van der Waals surface area contributed by atoms with Crippen LogP contribution in [-0.2, 0) is 14.8 Å². The van der Waals surface area contributed by atoms with Crippen molar-refractivity contribution >= 4 is 26.8 Å². The molecule has 3 rings (SSSR count). The second-order valence-electron chi connectivity index (χ2n) is 6.61. The van der Waals surface area contributed by atoms with Crippen LogP contribution in [0.25, 0.3) is 10.9 Å². The number of aryl methyl sites for hydroxylation is 1. The first-order valence-corrected chi connectivity index (χ1v) is 9.98. The molecule has 0 spiro atoms. The fraction of sp³-hybridized carbons (Fsp3) is 0.444. The summed E-state index contributed by atoms with van der Waals surface area (Å²) < 4.78 is 29.0. The number of benzene rings is 1. The van der Waals surface area contributed by atoms with Crippen LogP contribution in [-0.4, -0.2) is 31.9 Å². The van der Waals surface area contributed by atoms with E-state index in [9.17, 15) is 13.2 Å². The Morgan fingerprint density at radius 2 is 1.88 bits per heavy atom. The minimum absolute atomic E-state index is 0.162. The van der Waals surface area contributed by atoms with Crippen molar-refractivity contribution in [1.82, 2.24) is 15.0 Å². The SMILES string of the molecule is CNC(=O)C1(NS(=O)(=O)c2ccc(C)c3ncccc23)CCCCC1. The molecule has 134 valence electrons. The van der Waals surface area contributed by atoms with Crippen molar-refractivity contribution in [3.05, 3.63) is 36.0 Å². The Hall–Kier alpha value is -1.99. The number of nitrogens with one attached hydrogen (secondary N) is 2. The van der Waals surface area contributed by atoms with E-state index < -0.39 is 15.6 Å². The lowest BCUT2D eigenvalue weighted by Gasteiger charge is -2.35. The average molecular weight is 361 g/mol. The summed E-state index contributed by atoms with van der Waals surface area (Å²) in [4.78, 5) is 16.9. The van der Waals surface area contributed by atoms with Gasteiger partial charge in [0.2, 0.25) is 15.9 Å². The second kappa shape index (κ2) is 6.72. The third-order valence-electron chi connectivity index (χ3n) is 4.92. The topological polar surface area (TPSA) is 88.2 Å². The minimum atomic E-state index is -3.87. The highest BCUT2D eigenvalue weighted by Gasteiger charge is 2.42. The summed E-state index contributed by atoms with van der Waals surface area (Å²) in [7, 11) is -2.33. The Morgan fingerprint density at radius 1 is 1.16 bits per heavy atom. The van der Waals surface area contributed by atoms with Crippen molar-refractivity contribution in [3.63, 3.8) is 0 Å². The van der Waals surface area contributed by atoms with Crippen molar-refractivity contribution in [1.29, 1.82) is 0 Å². The number of amides is 1. The number of hydrogen-bond donors (Lipinski definition) is 2. The number of carbonyl (C=O) groups is 1. The van der Waals surface area contributed by atoms with Gasteiger partial charge in [0.05, 0.1) is 10.4 Å². The number of fused-ring (bicyclic) bond motifs is 1. The van der Waals surface area contributed by atoms with E-state index in [4.69, 9.17) is 0 Å². The van der Waals surface area contributed by atoms with E-state index in [0.29, 0.717) is 23.7 Å². The Morgan fingerprint density at radius 3 is 2.56 bits per heavy atom. The van der Waals surface area contributed by atoms with Crippen LogP contribution >= 0.6 is 0 Å². The van der Waals surface area contributed by atoms with Gasteiger partial charge in [-0.15, -0.1) is 0 Å². The van der Waals surface area contributed by atoms with Crippen LogP contribution in [0.2, 0.25) is 0 Å². The molecule has 1 aliphatic rings. The van der Waals surface area contributed by atoms with Crippen LogP contribution in [0.4, 0.5) is 0 Å². The van der Waals surface area contributed by atoms with Crippen LogP contribution in [0.5, 0.6) is 0 Å². The molecule has 7 heteroatoms. The molecule has 1 fully saturated rings. The number of aromatic nitrogens is 1. The maximum absolute atomic E-state index is 13.1. The predicted octanol–water partition coefficient (Wildman–Crippen LogP) is 2.27. The number of carbonyl (C=O) groups excluding carboxylic acids is 1. The smallest absolute Gasteiger partial charge is 0.242 e. The number of sulfonamides is 1. The van der Waals surface area contributed by atoms with Gasteiger partial charge < -0.3 is 5.32 Å². The molecule has 1 saturated carbocycles. The molecule has 1 heterocycles. The van der Waals surface area contributed by atoms with Crippen LogP contribution in [0, 0.1) is 6.92 Å². The van der Waals surface area contributed by atoms with Gasteiger partial charge in [-0.1, -0.05) is 25.3 Å². The van der Waals surface area contributed by atoms with E-state index in [0.717, 1.165) is 24.8 Å². The highest BCUT2D eigenvalue weighted by atomic mass is 32.2. The number of nitrogens with zero attached hydrogens (tertiary/aromatic N) is 1. The van der Waals surface area contributed by atoms with Crippen molar-refractivity contribution in [2.75, 3.05) is 7.05 Å². The van der Waals surface area contributed by atoms with Crippen molar-refractivity contribution in [2.45, 2.75) is 49.5 Å². The van der Waals surface area contributed by atoms with Gasteiger partial charge in [-0.25, -0.2) is 8.42 Å². The maximum atomic E-state index is 13.1. The van der Waals surface area contributed by atoms with E-state index in [1.54, 1.807) is 30.5 Å². The zero-order chi connectivity index (χ0) is 18.1. The Bertz CT molecular complexity index is 903. The summed E-state index contributed by atoms with van der Waals surface area (Å²) in [5, 5.41) is 3.19. The fourth-order valence-electron chi connectivity index (χ4n) is 3.60. The Labute approximate surface area is 148 Å². The molecule has 1 aromatic carbocycles. The summed E-state index contributed by atoms with van der Waals surface area (Å²) in [5.74, 6) is -0.273. The largest absolute Gasteiger partial charge is 0.358 e. The second-order valence-corrected chi connectivity index (χ2v) is 8.26. The zero-order valence-corrected chi connectivity index (χ0v) is 15.3. The van der Waals surface area contributed by atoms with Gasteiger partial charge in [-0.3, -0.25) is 9.78 Å². The van der Waals surface area contributed by atoms with Gasteiger partial charge in [0.1, 0.15) is 5.54 Å². The van der Waals surface area contributed by atoms with Crippen molar-refractivity contribution in [3.8, 4) is 0 Å². The molecular formula is C18H23N3O3S. The molecule has 0 radical (unpaired) electrons. The number of hydrogen-bond acceptors (Lipinski definition) is 4. The number of pyridine rings is 1. The summed E-state index contributed by atoms with van der Waals surface area (Å²) in [6, 6.07) is 6.80. The molecule has 0 atom stereocenters. The summed E-state index contributed by atoms with van der Waals surface area (Å²) in [5.41, 5.74) is 0.488. The minimum Gasteiger partial charge on any atom is -0.358 e. The molecule has 6 nitrogen and oxygen atoms in total. The lowest BCUT2D eigenvalue weighted by molar-refractivity contribution is -0.127. The number of rotatable bonds is 4. The third-order valence-corrected chi connectivity index (χ3v) is 6.51. The molecule has 0 saturated heterocycles. The predicted molar refractivity (Wildman–Crippen MR) is 96.7 cm³/mol. The molecule has 1 aromatic heterocycles. The molecule has 1 amide bonds. The standard InChI is InChI=1S/C18H23N3O3S/c1-13-8-9-15(14-7-6-12-20-16(13)14)25(23,24)21-18(17(22)19-2)10-4-3-5-11-18/h6-9,12,21H,3-5,10-11H2,1-2H3,(H,19,22). The average Bonchev–Trinajstić information content (AvgIpc) is 2.61. The van der Waals surface area contributed by atoms with Crippen molar-refractivity contribution < 1.29 is 13.2 Å². The fourth-order valence-corrected chi connectivity index (χ4v) is 5.23. The van der Waals surface area contributed by atoms with E-state index in [1.165, 1.54) is 7.05 Å². The lowest BCUT2D eigenvalue weighted by atomic mass is 9.82. The normalized spacial score (nSPS) is 17.4. The lowest BCUT2D eigenvalue weighted by Crippen LogP contribution is -2.59. The van der Waals surface area contributed by atoms with E-state index >= 15 is 0 Å². The Balaban J connectivity index is 2.07. The van der Waals surface area contributed by atoms with Gasteiger partial charge in [0, 0.05) is 18.6 Å². The molecule has 2 aromatic rings. The highest BCUT2D eigenvalue weighted by molar-refractivity contribution is 7.89. The first kappa shape index (κ1) is 17.8. The van der Waals surface area contributed by atoms with Gasteiger partial charge in [0.25, 0.3) is 0 Å². The summed E-state index contributed by atoms with van der Waals surface area (Å²) in [6.45, 7) is 1.90. The maximum Gasteiger partial charge on any atom is 0.242 e. The molecular weight excluding hydrogens is 338 g/mol. The van der Waals surface area contributed by atoms with Gasteiger partial charge in [0.15, 0.2) is 0 Å². The Kier molecular flexibility index (Phi) is 4.79. The van der Waals surface area contributed by atoms with E-state index in [1.807, 2.05) is 6.92 Å². The molecule has 0 unspecified atom stereocenters. The van der Waals surface area contributed by atoms with Gasteiger partial charge in [-0.05, 0) is 43.5 Å². The van der Waals surface area contributed by atoms with Crippen LogP contribution < -0.4 is 10.0 Å². The summed E-state index contributed by atoms with van der Waals surface area (Å²) in [6.07, 6.45) is 5.32. The van der Waals surface area contributed by atoms with Crippen LogP contribution in [0.3, 0.4) is 0 Å². The first-order valence-electron chi connectivity index (χ1n) is 8.50. The number of likely N-dealkylation sites (N-methyl/N-ethyl adjacent to an activating group) is 1. The molecule has 0 bridgehead atoms. The van der Waals surface area contributed by atoms with Crippen molar-refractivity contribution in [2.24, 2.45) is 0 Å². The van der Waals surface area contributed by atoms with E-state index in [2.05, 4.69) is 15.0 Å². The molecule has 25 heavy (non-hydrogen) atoms. The molecule has 1 aliphatic carbocycles. The summed E-state index contributed by atoms with van der Waals surface area (Å²) >= 11 is 0. The van der Waals surface area contributed by atoms with Crippen LogP contribution in [0.15, 0.2) is 35.4 Å². The molecule has 2 N–H and O–H groups in total. The van der Waals surface area contributed by atoms with Gasteiger partial charge >= 0.3 is 0 Å².